The second-order valence-corrected chi connectivity index (χ2v) is 6.78. The Bertz CT molecular complexity index is 1290. The summed E-state index contributed by atoms with van der Waals surface area (Å²) in [6, 6.07) is 20.4. The Morgan fingerprint density at radius 2 is 1.88 bits per heavy atom. The molecule has 10 heteroatoms. The van der Waals surface area contributed by atoms with Gasteiger partial charge in [0.25, 0.3) is 0 Å². The summed E-state index contributed by atoms with van der Waals surface area (Å²) in [7, 11) is 0. The van der Waals surface area contributed by atoms with Gasteiger partial charge in [-0.05, 0) is 36.2 Å². The molecule has 2 aromatic carbocycles. The van der Waals surface area contributed by atoms with E-state index >= 15 is 0 Å². The lowest BCUT2D eigenvalue weighted by Crippen LogP contribution is -2.18. The zero-order valence-electron chi connectivity index (χ0n) is 17.5. The highest BCUT2D eigenvalue weighted by molar-refractivity contribution is 5.88. The van der Waals surface area contributed by atoms with Gasteiger partial charge in [-0.3, -0.25) is 10.1 Å². The first-order valence-corrected chi connectivity index (χ1v) is 10.0. The largest absolute Gasteiger partial charge is 0.449 e. The van der Waals surface area contributed by atoms with E-state index in [2.05, 4.69) is 15.6 Å². The Morgan fingerprint density at radius 1 is 1.15 bits per heavy atom. The summed E-state index contributed by atoms with van der Waals surface area (Å²) in [5, 5.41) is 19.4. The van der Waals surface area contributed by atoms with Crippen molar-refractivity contribution in [2.24, 2.45) is 5.10 Å². The first-order valence-electron chi connectivity index (χ1n) is 10.0. The van der Waals surface area contributed by atoms with Gasteiger partial charge in [0.15, 0.2) is 5.76 Å². The molecule has 0 radical (unpaired) electrons. The van der Waals surface area contributed by atoms with Gasteiger partial charge in [-0.1, -0.05) is 42.5 Å². The van der Waals surface area contributed by atoms with Crippen molar-refractivity contribution in [2.45, 2.75) is 6.92 Å². The zero-order valence-corrected chi connectivity index (χ0v) is 17.5. The highest BCUT2D eigenvalue weighted by atomic mass is 16.6. The molecule has 4 rings (SSSR count). The lowest BCUT2D eigenvalue weighted by molar-refractivity contribution is -0.401. The summed E-state index contributed by atoms with van der Waals surface area (Å²) >= 11 is 0. The van der Waals surface area contributed by atoms with Crippen LogP contribution in [-0.2, 0) is 4.74 Å². The standard InChI is InChI=1S/C23H19N5O5/c1-2-32-23(29)25-24-14-18-15-27(26-22(18)20-12-13-21(33-20)28(30)31)19-10-8-17(9-11-19)16-6-4-3-5-7-16/h3-15H,2H2,1H3,(H,25,29)/b24-14+. The molecule has 0 aliphatic carbocycles. The first-order chi connectivity index (χ1) is 16.0. The number of hydrogen-bond donors (Lipinski definition) is 1. The summed E-state index contributed by atoms with van der Waals surface area (Å²) in [6.07, 6.45) is 2.34. The van der Waals surface area contributed by atoms with Gasteiger partial charge in [0, 0.05) is 11.8 Å². The van der Waals surface area contributed by atoms with Crippen molar-refractivity contribution in [1.29, 1.82) is 0 Å². The van der Waals surface area contributed by atoms with Crippen LogP contribution in [0, 0.1) is 10.1 Å². The molecule has 0 aliphatic rings. The van der Waals surface area contributed by atoms with Crippen LogP contribution >= 0.6 is 0 Å². The third kappa shape index (κ3) is 4.96. The molecule has 2 aromatic heterocycles. The molecule has 166 valence electrons. The predicted octanol–water partition coefficient (Wildman–Crippen LogP) is 4.79. The lowest BCUT2D eigenvalue weighted by Gasteiger charge is -2.04. The van der Waals surface area contributed by atoms with E-state index in [9.17, 15) is 14.9 Å². The number of rotatable bonds is 7. The second kappa shape index (κ2) is 9.60. The van der Waals surface area contributed by atoms with Gasteiger partial charge in [-0.2, -0.15) is 10.2 Å². The van der Waals surface area contributed by atoms with E-state index in [1.807, 2.05) is 54.6 Å². The maximum absolute atomic E-state index is 11.5. The highest BCUT2D eigenvalue weighted by Gasteiger charge is 2.19. The van der Waals surface area contributed by atoms with Gasteiger partial charge in [0.2, 0.25) is 0 Å². The van der Waals surface area contributed by atoms with Gasteiger partial charge in [0.05, 0.1) is 24.6 Å². The number of benzene rings is 2. The smallest absolute Gasteiger partial charge is 0.433 e. The molecule has 1 N–H and O–H groups in total. The van der Waals surface area contributed by atoms with E-state index in [0.717, 1.165) is 16.8 Å². The minimum Gasteiger partial charge on any atom is -0.449 e. The minimum absolute atomic E-state index is 0.193. The van der Waals surface area contributed by atoms with E-state index in [4.69, 9.17) is 9.15 Å². The molecular weight excluding hydrogens is 426 g/mol. The molecule has 0 unspecified atom stereocenters. The van der Waals surface area contributed by atoms with Crippen molar-refractivity contribution in [3.63, 3.8) is 0 Å². The number of nitrogens with zero attached hydrogens (tertiary/aromatic N) is 4. The maximum atomic E-state index is 11.5. The Labute approximate surface area is 188 Å². The number of ether oxygens (including phenoxy) is 1. The highest BCUT2D eigenvalue weighted by Crippen LogP contribution is 2.28. The third-order valence-corrected chi connectivity index (χ3v) is 4.62. The molecule has 0 saturated carbocycles. The molecule has 0 aliphatic heterocycles. The number of nitrogens with one attached hydrogen (secondary N) is 1. The van der Waals surface area contributed by atoms with Gasteiger partial charge >= 0.3 is 12.0 Å². The van der Waals surface area contributed by atoms with Gasteiger partial charge in [-0.25, -0.2) is 14.9 Å². The van der Waals surface area contributed by atoms with E-state index in [0.29, 0.717) is 11.3 Å². The second-order valence-electron chi connectivity index (χ2n) is 6.78. The monoisotopic (exact) mass is 445 g/mol. The molecular formula is C23H19N5O5. The SMILES string of the molecule is CCOC(=O)N/N=C/c1cn(-c2ccc(-c3ccccc3)cc2)nc1-c1ccc([N+](=O)[O-])o1. The predicted molar refractivity (Wildman–Crippen MR) is 121 cm³/mol. The van der Waals surface area contributed by atoms with Crippen molar-refractivity contribution in [2.75, 3.05) is 6.61 Å². The Kier molecular flexibility index (Phi) is 6.26. The number of amides is 1. The molecule has 0 bridgehead atoms. The van der Waals surface area contributed by atoms with Crippen molar-refractivity contribution in [3.05, 3.63) is 88.6 Å². The fourth-order valence-electron chi connectivity index (χ4n) is 3.11. The van der Waals surface area contributed by atoms with Crippen molar-refractivity contribution < 1.29 is 18.9 Å². The average Bonchev–Trinajstić information content (AvgIpc) is 3.48. The van der Waals surface area contributed by atoms with E-state index in [1.165, 1.54) is 18.3 Å². The van der Waals surface area contributed by atoms with E-state index < -0.39 is 16.9 Å². The molecule has 1 amide bonds. The summed E-state index contributed by atoms with van der Waals surface area (Å²) in [5.41, 5.74) is 5.94. The van der Waals surface area contributed by atoms with Crippen LogP contribution in [0.3, 0.4) is 0 Å². The minimum atomic E-state index is -0.701. The Balaban J connectivity index is 1.67. The van der Waals surface area contributed by atoms with Gasteiger partial charge < -0.3 is 9.15 Å². The molecule has 0 spiro atoms. The number of aromatic nitrogens is 2. The van der Waals surface area contributed by atoms with Crippen LogP contribution in [0.1, 0.15) is 12.5 Å². The third-order valence-electron chi connectivity index (χ3n) is 4.62. The fourth-order valence-corrected chi connectivity index (χ4v) is 3.11. The average molecular weight is 445 g/mol. The summed E-state index contributed by atoms with van der Waals surface area (Å²) in [4.78, 5) is 21.9. The van der Waals surface area contributed by atoms with Crippen LogP contribution in [0.25, 0.3) is 28.3 Å². The topological polar surface area (TPSA) is 125 Å². The molecule has 2 heterocycles. The Morgan fingerprint density at radius 3 is 2.55 bits per heavy atom. The van der Waals surface area contributed by atoms with Crippen LogP contribution in [0.2, 0.25) is 0 Å². The van der Waals surface area contributed by atoms with Gasteiger partial charge in [0.1, 0.15) is 10.6 Å². The van der Waals surface area contributed by atoms with Crippen LogP contribution in [-0.4, -0.2) is 33.6 Å². The normalized spacial score (nSPS) is 10.9. The number of hydrazone groups is 1. The number of carbonyl (C=O) groups excluding carboxylic acids is 1. The molecule has 4 aromatic rings. The molecule has 0 fully saturated rings. The maximum Gasteiger partial charge on any atom is 0.433 e. The summed E-state index contributed by atoms with van der Waals surface area (Å²) in [6.45, 7) is 1.89. The van der Waals surface area contributed by atoms with Crippen molar-refractivity contribution >= 4 is 18.2 Å². The van der Waals surface area contributed by atoms with Crippen molar-refractivity contribution in [3.8, 4) is 28.3 Å². The number of hydrogen-bond acceptors (Lipinski definition) is 7. The van der Waals surface area contributed by atoms with Crippen LogP contribution in [0.4, 0.5) is 10.7 Å². The summed E-state index contributed by atoms with van der Waals surface area (Å²) < 4.78 is 11.7. The Hall–Kier alpha value is -4.73. The molecule has 10 nitrogen and oxygen atoms in total. The van der Waals surface area contributed by atoms with Crippen LogP contribution in [0.5, 0.6) is 0 Å². The number of nitro groups is 1. The van der Waals surface area contributed by atoms with E-state index in [1.54, 1.807) is 17.8 Å². The summed E-state index contributed by atoms with van der Waals surface area (Å²) in [5.74, 6) is -0.210. The van der Waals surface area contributed by atoms with Crippen LogP contribution in [0.15, 0.2) is 82.4 Å². The zero-order chi connectivity index (χ0) is 23.2. The lowest BCUT2D eigenvalue weighted by atomic mass is 10.1. The fraction of sp³-hybridized carbons (Fsp3) is 0.0870. The number of furan rings is 1. The molecule has 0 saturated heterocycles. The van der Waals surface area contributed by atoms with E-state index in [-0.39, 0.29) is 12.4 Å². The first kappa shape index (κ1) is 21.5. The molecule has 0 atom stereocenters. The number of carbonyl (C=O) groups is 1. The van der Waals surface area contributed by atoms with Crippen LogP contribution < -0.4 is 5.43 Å². The quantitative estimate of drug-likeness (QED) is 0.248. The van der Waals surface area contributed by atoms with Gasteiger partial charge in [-0.15, -0.1) is 0 Å². The molecule has 33 heavy (non-hydrogen) atoms. The van der Waals surface area contributed by atoms with Crippen molar-refractivity contribution in [1.82, 2.24) is 15.2 Å².